The molecule has 0 unspecified atom stereocenters. The third-order valence-corrected chi connectivity index (χ3v) is 5.73. The van der Waals surface area contributed by atoms with E-state index in [-0.39, 0.29) is 30.5 Å². The van der Waals surface area contributed by atoms with Crippen molar-refractivity contribution in [1.29, 1.82) is 5.41 Å². The normalized spacial score (nSPS) is 22.0. The second-order valence-corrected chi connectivity index (χ2v) is 7.69. The summed E-state index contributed by atoms with van der Waals surface area (Å²) >= 11 is 0. The number of likely N-dealkylation sites (tertiary alicyclic amines) is 1. The lowest BCUT2D eigenvalue weighted by molar-refractivity contribution is -0.138. The van der Waals surface area contributed by atoms with Gasteiger partial charge >= 0.3 is 0 Å². The number of hydrogen-bond acceptors (Lipinski definition) is 8. The molecule has 3 N–H and O–H groups in total. The first-order chi connectivity index (χ1) is 15.1. The van der Waals surface area contributed by atoms with Gasteiger partial charge in [0, 0.05) is 62.9 Å². The lowest BCUT2D eigenvalue weighted by atomic mass is 10.1. The monoisotopic (exact) mass is 431 g/mol. The lowest BCUT2D eigenvalue weighted by Gasteiger charge is -2.29. The molecule has 168 valence electrons. The average molecular weight is 431 g/mol. The molecule has 2 amide bonds. The highest BCUT2D eigenvalue weighted by Crippen LogP contribution is 2.26. The molecule has 0 spiro atoms. The van der Waals surface area contributed by atoms with E-state index >= 15 is 0 Å². The van der Waals surface area contributed by atoms with E-state index in [4.69, 9.17) is 14.9 Å². The zero-order valence-corrected chi connectivity index (χ0v) is 17.6. The van der Waals surface area contributed by atoms with Crippen LogP contribution in [0.25, 0.3) is 5.70 Å². The summed E-state index contributed by atoms with van der Waals surface area (Å²) in [7, 11) is 0. The number of aromatic nitrogens is 2. The summed E-state index contributed by atoms with van der Waals surface area (Å²) in [6.45, 7) is 5.39. The molecule has 3 fully saturated rings. The molecule has 11 nitrogen and oxygen atoms in total. The van der Waals surface area contributed by atoms with Crippen molar-refractivity contribution in [3.63, 3.8) is 0 Å². The molecule has 0 radical (unpaired) electrons. The number of H-pyrrole nitrogens is 1. The number of amidine groups is 1. The molecule has 0 saturated carbocycles. The molecule has 3 aliphatic rings. The largest absolute Gasteiger partial charge is 0.379 e. The number of hydrazine groups is 1. The third-order valence-electron chi connectivity index (χ3n) is 5.73. The van der Waals surface area contributed by atoms with E-state index in [1.165, 1.54) is 4.90 Å². The Kier molecular flexibility index (Phi) is 6.95. The zero-order chi connectivity index (χ0) is 21.6. The third kappa shape index (κ3) is 5.12. The number of ether oxygens (including phenoxy) is 2. The van der Waals surface area contributed by atoms with Gasteiger partial charge in [0.05, 0.1) is 38.3 Å². The van der Waals surface area contributed by atoms with Crippen LogP contribution in [-0.2, 0) is 19.1 Å². The van der Waals surface area contributed by atoms with Gasteiger partial charge in [0.15, 0.2) is 0 Å². The van der Waals surface area contributed by atoms with Crippen molar-refractivity contribution in [2.24, 2.45) is 0 Å². The molecule has 0 atom stereocenters. The summed E-state index contributed by atoms with van der Waals surface area (Å²) < 4.78 is 10.7. The van der Waals surface area contributed by atoms with Crippen molar-refractivity contribution in [2.45, 2.75) is 19.3 Å². The number of rotatable bonds is 6. The van der Waals surface area contributed by atoms with Crippen molar-refractivity contribution in [3.8, 4) is 0 Å². The topological polar surface area (TPSA) is 127 Å². The molecule has 3 aliphatic heterocycles. The Morgan fingerprint density at radius 2 is 1.71 bits per heavy atom. The maximum atomic E-state index is 12.8. The Hall–Kier alpha value is -2.76. The van der Waals surface area contributed by atoms with Crippen molar-refractivity contribution < 1.29 is 19.1 Å². The summed E-state index contributed by atoms with van der Waals surface area (Å²) in [6.07, 6.45) is 4.30. The van der Waals surface area contributed by atoms with Gasteiger partial charge in [-0.3, -0.25) is 25.0 Å². The van der Waals surface area contributed by atoms with Gasteiger partial charge in [0.1, 0.15) is 5.84 Å². The standard InChI is InChI=1S/C20H29N7O4/c21-20-16(19(15-13-22-23-14-15)24-26-7-11-31-12-8-26)3-4-27(20)18(29)2-1-17(28)25-5-9-30-10-6-25/h13-14,21,24H,1-12H2,(H,22,23)/b19-16-,21-20?. The maximum Gasteiger partial charge on any atom is 0.228 e. The minimum Gasteiger partial charge on any atom is -0.379 e. The molecule has 0 bridgehead atoms. The highest BCUT2D eigenvalue weighted by atomic mass is 16.5. The SMILES string of the molecule is N=C1/C(=C(\NN2CCOCC2)c2cn[nH]c2)CCN1C(=O)CCC(=O)N1CCOCC1. The first-order valence-electron chi connectivity index (χ1n) is 10.7. The fourth-order valence-corrected chi connectivity index (χ4v) is 3.96. The van der Waals surface area contributed by atoms with Crippen molar-refractivity contribution in [1.82, 2.24) is 30.4 Å². The molecule has 4 heterocycles. The molecule has 31 heavy (non-hydrogen) atoms. The van der Waals surface area contributed by atoms with Crippen molar-refractivity contribution in [3.05, 3.63) is 23.5 Å². The van der Waals surface area contributed by atoms with Crippen LogP contribution < -0.4 is 5.43 Å². The number of aromatic amines is 1. The predicted octanol–water partition coefficient (Wildman–Crippen LogP) is -0.194. The second-order valence-electron chi connectivity index (χ2n) is 7.69. The van der Waals surface area contributed by atoms with Gasteiger partial charge in [-0.15, -0.1) is 0 Å². The van der Waals surface area contributed by atoms with E-state index < -0.39 is 0 Å². The van der Waals surface area contributed by atoms with Crippen molar-refractivity contribution >= 4 is 23.3 Å². The van der Waals surface area contributed by atoms with E-state index in [0.717, 1.165) is 29.9 Å². The number of carbonyl (C=O) groups excluding carboxylic acids is 2. The van der Waals surface area contributed by atoms with Crippen LogP contribution in [0.5, 0.6) is 0 Å². The van der Waals surface area contributed by atoms with Gasteiger partial charge in [0.25, 0.3) is 0 Å². The van der Waals surface area contributed by atoms with Crippen LogP contribution in [0.2, 0.25) is 0 Å². The number of hydrogen-bond donors (Lipinski definition) is 3. The molecular formula is C20H29N7O4. The molecule has 0 aliphatic carbocycles. The Balaban J connectivity index is 1.41. The molecular weight excluding hydrogens is 402 g/mol. The summed E-state index contributed by atoms with van der Waals surface area (Å²) in [5, 5.41) is 17.5. The van der Waals surface area contributed by atoms with Crippen LogP contribution in [0.1, 0.15) is 24.8 Å². The number of nitrogens with zero attached hydrogens (tertiary/aromatic N) is 4. The number of morpholine rings is 2. The van der Waals surface area contributed by atoms with Crippen LogP contribution in [0.3, 0.4) is 0 Å². The summed E-state index contributed by atoms with van der Waals surface area (Å²) in [5.41, 5.74) is 5.78. The van der Waals surface area contributed by atoms with E-state index in [1.54, 1.807) is 17.3 Å². The van der Waals surface area contributed by atoms with E-state index in [9.17, 15) is 9.59 Å². The highest BCUT2D eigenvalue weighted by Gasteiger charge is 2.32. The Bertz CT molecular complexity index is 827. The lowest BCUT2D eigenvalue weighted by Crippen LogP contribution is -2.45. The van der Waals surface area contributed by atoms with E-state index in [2.05, 4.69) is 20.6 Å². The average Bonchev–Trinajstić information content (AvgIpc) is 3.47. The Morgan fingerprint density at radius 1 is 1.03 bits per heavy atom. The molecule has 1 aromatic heterocycles. The molecule has 0 aromatic carbocycles. The van der Waals surface area contributed by atoms with Crippen LogP contribution in [0.15, 0.2) is 18.0 Å². The molecule has 11 heteroatoms. The van der Waals surface area contributed by atoms with Gasteiger partial charge < -0.3 is 19.8 Å². The number of carbonyl (C=O) groups is 2. The van der Waals surface area contributed by atoms with E-state index in [1.807, 2.05) is 0 Å². The van der Waals surface area contributed by atoms with Gasteiger partial charge in [-0.25, -0.2) is 5.01 Å². The van der Waals surface area contributed by atoms with E-state index in [0.29, 0.717) is 52.5 Å². The maximum absolute atomic E-state index is 12.8. The minimum atomic E-state index is -0.195. The van der Waals surface area contributed by atoms with Crippen molar-refractivity contribution in [2.75, 3.05) is 59.2 Å². The zero-order valence-electron chi connectivity index (χ0n) is 17.6. The number of nitrogens with one attached hydrogen (secondary N) is 3. The molecule has 1 aromatic rings. The van der Waals surface area contributed by atoms with Crippen LogP contribution in [-0.4, -0.2) is 102 Å². The second kappa shape index (κ2) is 10.0. The Morgan fingerprint density at radius 3 is 2.39 bits per heavy atom. The molecule has 3 saturated heterocycles. The first-order valence-corrected chi connectivity index (χ1v) is 10.7. The minimum absolute atomic E-state index is 0.0359. The number of amides is 2. The first kappa shape index (κ1) is 21.5. The van der Waals surface area contributed by atoms with Gasteiger partial charge in [-0.2, -0.15) is 5.10 Å². The van der Waals surface area contributed by atoms with Crippen LogP contribution >= 0.6 is 0 Å². The fraction of sp³-hybridized carbons (Fsp3) is 0.600. The summed E-state index contributed by atoms with van der Waals surface area (Å²) in [5.74, 6) is -0.0495. The fourth-order valence-electron chi connectivity index (χ4n) is 3.96. The van der Waals surface area contributed by atoms with Gasteiger partial charge in [-0.05, 0) is 6.42 Å². The smallest absolute Gasteiger partial charge is 0.228 e. The highest BCUT2D eigenvalue weighted by molar-refractivity contribution is 6.12. The van der Waals surface area contributed by atoms with Crippen LogP contribution in [0.4, 0.5) is 0 Å². The quantitative estimate of drug-likeness (QED) is 0.570. The van der Waals surface area contributed by atoms with Gasteiger partial charge in [-0.1, -0.05) is 0 Å². The summed E-state index contributed by atoms with van der Waals surface area (Å²) in [4.78, 5) is 28.3. The molecule has 4 rings (SSSR count). The Labute approximate surface area is 180 Å². The predicted molar refractivity (Wildman–Crippen MR) is 112 cm³/mol. The summed E-state index contributed by atoms with van der Waals surface area (Å²) in [6, 6.07) is 0. The van der Waals surface area contributed by atoms with Crippen LogP contribution in [0, 0.1) is 5.41 Å². The van der Waals surface area contributed by atoms with Gasteiger partial charge in [0.2, 0.25) is 11.8 Å².